The monoisotopic (exact) mass is 233 g/mol. The van der Waals surface area contributed by atoms with Gasteiger partial charge in [-0.25, -0.2) is 0 Å². The first-order valence-electron chi connectivity index (χ1n) is 4.32. The summed E-state index contributed by atoms with van der Waals surface area (Å²) in [6, 6.07) is 7.32. The van der Waals surface area contributed by atoms with Gasteiger partial charge in [0.05, 0.1) is 0 Å². The second kappa shape index (κ2) is 3.89. The summed E-state index contributed by atoms with van der Waals surface area (Å²) >= 11 is -2.48. The third kappa shape index (κ3) is 1.52. The molecule has 0 amide bonds. The molecule has 0 heterocycles. The molecule has 0 radical (unpaired) electrons. The van der Waals surface area contributed by atoms with E-state index >= 15 is 0 Å². The Hall–Kier alpha value is -1.97. The molecule has 0 aliphatic carbocycles. The van der Waals surface area contributed by atoms with Crippen molar-refractivity contribution < 1.29 is 13.9 Å². The standard InChI is InChI=1S/C10H6N2O3S/c11-12-8-5-9(16(14)15)6-3-1-2-4-7(6)10(8)13/h1-5H,(H-,13,14,15)/p-1. The summed E-state index contributed by atoms with van der Waals surface area (Å²) in [6.07, 6.45) is 0. The Bertz CT molecular complexity index is 634. The van der Waals surface area contributed by atoms with Gasteiger partial charge in [0.2, 0.25) is 5.39 Å². The van der Waals surface area contributed by atoms with Crippen LogP contribution in [0.5, 0.6) is 5.75 Å². The summed E-state index contributed by atoms with van der Waals surface area (Å²) in [6.45, 7) is 0. The highest BCUT2D eigenvalue weighted by atomic mass is 32.2. The van der Waals surface area contributed by atoms with Crippen molar-refractivity contribution in [3.05, 3.63) is 35.3 Å². The molecule has 0 N–H and O–H groups in total. The molecule has 16 heavy (non-hydrogen) atoms. The lowest BCUT2D eigenvalue weighted by molar-refractivity contribution is -0.264. The van der Waals surface area contributed by atoms with Crippen LogP contribution >= 0.6 is 0 Å². The molecule has 0 saturated carbocycles. The van der Waals surface area contributed by atoms with E-state index in [1.165, 1.54) is 12.1 Å². The SMILES string of the molecule is N#[N+]c1cc(S(=O)[O-])c2ccccc2c1[O-]. The van der Waals surface area contributed by atoms with Gasteiger partial charge in [-0.1, -0.05) is 24.3 Å². The lowest BCUT2D eigenvalue weighted by atomic mass is 10.1. The summed E-state index contributed by atoms with van der Waals surface area (Å²) in [5.74, 6) is -0.493. The number of diazo groups is 1. The van der Waals surface area contributed by atoms with Crippen molar-refractivity contribution in [2.45, 2.75) is 4.90 Å². The number of benzene rings is 2. The molecule has 0 bridgehead atoms. The molecule has 0 aliphatic rings. The van der Waals surface area contributed by atoms with Gasteiger partial charge in [0.15, 0.2) is 4.98 Å². The summed E-state index contributed by atoms with van der Waals surface area (Å²) < 4.78 is 21.9. The lowest BCUT2D eigenvalue weighted by Crippen LogP contribution is -1.96. The molecule has 1 unspecified atom stereocenters. The predicted molar refractivity (Wildman–Crippen MR) is 55.3 cm³/mol. The first kappa shape index (κ1) is 10.5. The molecule has 0 aliphatic heterocycles. The van der Waals surface area contributed by atoms with Gasteiger partial charge < -0.3 is 9.66 Å². The first-order chi connectivity index (χ1) is 7.65. The van der Waals surface area contributed by atoms with Crippen molar-refractivity contribution in [3.8, 4) is 5.75 Å². The minimum atomic E-state index is -2.48. The smallest absolute Gasteiger partial charge is 0.379 e. The highest BCUT2D eigenvalue weighted by Gasteiger charge is 2.14. The van der Waals surface area contributed by atoms with Crippen molar-refractivity contribution >= 4 is 27.5 Å². The zero-order chi connectivity index (χ0) is 11.7. The summed E-state index contributed by atoms with van der Waals surface area (Å²) in [5.41, 5.74) is -0.280. The highest BCUT2D eigenvalue weighted by molar-refractivity contribution is 7.79. The van der Waals surface area contributed by atoms with E-state index in [2.05, 4.69) is 4.98 Å². The van der Waals surface area contributed by atoms with E-state index in [9.17, 15) is 13.9 Å². The Kier molecular flexibility index (Phi) is 2.56. The molecular formula is C10H5N2O3S-. The van der Waals surface area contributed by atoms with E-state index in [0.717, 1.165) is 6.07 Å². The number of nitrogens with zero attached hydrogens (tertiary/aromatic N) is 2. The third-order valence-electron chi connectivity index (χ3n) is 2.22. The molecule has 0 spiro atoms. The first-order valence-corrected chi connectivity index (χ1v) is 5.39. The van der Waals surface area contributed by atoms with Gasteiger partial charge in [-0.05, 0) is 27.6 Å². The molecule has 2 rings (SSSR count). The van der Waals surface area contributed by atoms with Crippen LogP contribution in [0, 0.1) is 5.39 Å². The van der Waals surface area contributed by atoms with E-state index in [1.807, 2.05) is 0 Å². The van der Waals surface area contributed by atoms with Gasteiger partial charge >= 0.3 is 5.69 Å². The van der Waals surface area contributed by atoms with Gasteiger partial charge in [-0.3, -0.25) is 4.21 Å². The molecular weight excluding hydrogens is 228 g/mol. The Morgan fingerprint density at radius 1 is 1.25 bits per heavy atom. The quantitative estimate of drug-likeness (QED) is 0.552. The van der Waals surface area contributed by atoms with Crippen molar-refractivity contribution in [1.82, 2.24) is 0 Å². The van der Waals surface area contributed by atoms with E-state index < -0.39 is 16.8 Å². The average molecular weight is 233 g/mol. The zero-order valence-electron chi connectivity index (χ0n) is 7.91. The summed E-state index contributed by atoms with van der Waals surface area (Å²) in [7, 11) is 0. The maximum Gasteiger partial charge on any atom is 0.379 e. The van der Waals surface area contributed by atoms with Crippen LogP contribution in [0.3, 0.4) is 0 Å². The minimum absolute atomic E-state index is 0.0528. The second-order valence-electron chi connectivity index (χ2n) is 3.10. The van der Waals surface area contributed by atoms with Gasteiger partial charge in [0.25, 0.3) is 0 Å². The van der Waals surface area contributed by atoms with E-state index in [0.29, 0.717) is 5.39 Å². The Morgan fingerprint density at radius 2 is 1.88 bits per heavy atom. The second-order valence-corrected chi connectivity index (χ2v) is 4.01. The summed E-state index contributed by atoms with van der Waals surface area (Å²) in [4.78, 5) is 2.72. The molecule has 0 aromatic heterocycles. The minimum Gasteiger partial charge on any atom is -0.867 e. The fourth-order valence-electron chi connectivity index (χ4n) is 1.51. The average Bonchev–Trinajstić information content (AvgIpc) is 2.29. The van der Waals surface area contributed by atoms with Gasteiger partial charge in [0, 0.05) is 11.0 Å². The van der Waals surface area contributed by atoms with Crippen LogP contribution < -0.4 is 5.11 Å². The van der Waals surface area contributed by atoms with Crippen molar-refractivity contribution in [3.63, 3.8) is 0 Å². The Balaban J connectivity index is 2.97. The maximum atomic E-state index is 11.7. The van der Waals surface area contributed by atoms with Crippen LogP contribution in [0.4, 0.5) is 5.69 Å². The van der Waals surface area contributed by atoms with Gasteiger partial charge in [-0.15, -0.1) is 0 Å². The van der Waals surface area contributed by atoms with Crippen molar-refractivity contribution in [2.24, 2.45) is 0 Å². The Morgan fingerprint density at radius 3 is 2.44 bits per heavy atom. The molecule has 80 valence electrons. The molecule has 1 atom stereocenters. The lowest BCUT2D eigenvalue weighted by Gasteiger charge is -2.12. The largest absolute Gasteiger partial charge is 0.867 e. The fraction of sp³-hybridized carbons (Fsp3) is 0. The highest BCUT2D eigenvalue weighted by Crippen LogP contribution is 2.36. The van der Waals surface area contributed by atoms with Crippen LogP contribution in [0.15, 0.2) is 35.2 Å². The number of hydrogen-bond acceptors (Lipinski definition) is 4. The van der Waals surface area contributed by atoms with Crippen molar-refractivity contribution in [2.75, 3.05) is 0 Å². The predicted octanol–water partition coefficient (Wildman–Crippen LogP) is 1.64. The van der Waals surface area contributed by atoms with E-state index in [-0.39, 0.29) is 16.0 Å². The molecule has 6 heteroatoms. The normalized spacial score (nSPS) is 12.2. The summed E-state index contributed by atoms with van der Waals surface area (Å²) in [5, 5.41) is 20.8. The number of rotatable bonds is 1. The maximum absolute atomic E-state index is 11.7. The molecule has 2 aromatic rings. The third-order valence-corrected chi connectivity index (χ3v) is 2.92. The van der Waals surface area contributed by atoms with Crippen LogP contribution in [0.1, 0.15) is 0 Å². The fourth-order valence-corrected chi connectivity index (χ4v) is 2.08. The zero-order valence-corrected chi connectivity index (χ0v) is 8.73. The van der Waals surface area contributed by atoms with Crippen LogP contribution in [0.2, 0.25) is 0 Å². The molecule has 0 saturated heterocycles. The molecule has 5 nitrogen and oxygen atoms in total. The van der Waals surface area contributed by atoms with Gasteiger partial charge in [0.1, 0.15) is 0 Å². The van der Waals surface area contributed by atoms with E-state index in [1.54, 1.807) is 12.1 Å². The molecule has 2 aromatic carbocycles. The van der Waals surface area contributed by atoms with Crippen LogP contribution in [-0.4, -0.2) is 8.76 Å². The molecule has 0 fully saturated rings. The number of hydrogen-bond donors (Lipinski definition) is 0. The topological polar surface area (TPSA) is 91.3 Å². The van der Waals surface area contributed by atoms with Gasteiger partial charge in [-0.2, -0.15) is 0 Å². The Labute approximate surface area is 93.2 Å². The van der Waals surface area contributed by atoms with Crippen molar-refractivity contribution in [1.29, 1.82) is 5.39 Å². The van der Waals surface area contributed by atoms with E-state index in [4.69, 9.17) is 5.39 Å². The number of fused-ring (bicyclic) bond motifs is 1. The van der Waals surface area contributed by atoms with Crippen LogP contribution in [0.25, 0.3) is 15.7 Å². The van der Waals surface area contributed by atoms with Crippen LogP contribution in [-0.2, 0) is 11.1 Å².